The van der Waals surface area contributed by atoms with E-state index in [9.17, 15) is 26.3 Å². The van der Waals surface area contributed by atoms with Gasteiger partial charge in [0.25, 0.3) is 0 Å². The van der Waals surface area contributed by atoms with Crippen molar-refractivity contribution in [1.29, 1.82) is 0 Å². The predicted molar refractivity (Wildman–Crippen MR) is 108 cm³/mol. The average molecular weight is 438 g/mol. The van der Waals surface area contributed by atoms with E-state index in [1.807, 2.05) is 6.07 Å². The monoisotopic (exact) mass is 438 g/mol. The number of aryl methyl sites for hydroxylation is 1. The smallest absolute Gasteiger partial charge is 0.378 e. The number of nitrogens with zero attached hydrogens (tertiary/aromatic N) is 1. The molecule has 0 bridgehead atoms. The Morgan fingerprint density at radius 3 is 2.10 bits per heavy atom. The molecule has 1 unspecified atom stereocenters. The van der Waals surface area contributed by atoms with Gasteiger partial charge in [-0.05, 0) is 48.2 Å². The Kier molecular flexibility index (Phi) is 6.57. The summed E-state index contributed by atoms with van der Waals surface area (Å²) in [6.45, 7) is 1.77. The Labute approximate surface area is 175 Å². The van der Waals surface area contributed by atoms with Gasteiger partial charge in [0.15, 0.2) is 0 Å². The molecule has 0 aliphatic carbocycles. The number of pyridine rings is 1. The molecular formula is C23H20F6N2. The lowest BCUT2D eigenvalue weighted by molar-refractivity contribution is -0.141. The van der Waals surface area contributed by atoms with E-state index in [4.69, 9.17) is 0 Å². The van der Waals surface area contributed by atoms with Crippen molar-refractivity contribution in [2.24, 2.45) is 0 Å². The third-order valence-corrected chi connectivity index (χ3v) is 4.86. The third-order valence-electron chi connectivity index (χ3n) is 4.86. The van der Waals surface area contributed by atoms with E-state index in [0.717, 1.165) is 17.8 Å². The predicted octanol–water partition coefficient (Wildman–Crippen LogP) is 7.57. The maximum absolute atomic E-state index is 12.9. The number of hydrogen-bond acceptors (Lipinski definition) is 2. The summed E-state index contributed by atoms with van der Waals surface area (Å²) in [6, 6.07) is 15.7. The van der Waals surface area contributed by atoms with Crippen molar-refractivity contribution in [3.05, 3.63) is 83.7 Å². The van der Waals surface area contributed by atoms with Crippen molar-refractivity contribution < 1.29 is 26.3 Å². The number of alkyl halides is 6. The number of halogens is 6. The molecule has 1 heterocycles. The molecule has 3 aromatic rings. The van der Waals surface area contributed by atoms with E-state index < -0.39 is 30.5 Å². The fraction of sp³-hybridized carbons (Fsp3) is 0.261. The molecule has 1 aromatic heterocycles. The largest absolute Gasteiger partial charge is 0.433 e. The zero-order valence-electron chi connectivity index (χ0n) is 16.6. The van der Waals surface area contributed by atoms with Crippen LogP contribution in [0.2, 0.25) is 0 Å². The van der Waals surface area contributed by atoms with Gasteiger partial charge < -0.3 is 5.32 Å². The summed E-state index contributed by atoms with van der Waals surface area (Å²) in [4.78, 5) is 3.46. The zero-order valence-corrected chi connectivity index (χ0v) is 16.6. The van der Waals surface area contributed by atoms with Crippen molar-refractivity contribution in [2.45, 2.75) is 38.2 Å². The van der Waals surface area contributed by atoms with Crippen molar-refractivity contribution in [2.75, 3.05) is 5.32 Å². The molecule has 0 aliphatic heterocycles. The quantitative estimate of drug-likeness (QED) is 0.402. The van der Waals surface area contributed by atoms with Crippen LogP contribution < -0.4 is 5.32 Å². The van der Waals surface area contributed by atoms with Gasteiger partial charge in [-0.3, -0.25) is 4.98 Å². The summed E-state index contributed by atoms with van der Waals surface area (Å²) in [7, 11) is 0. The lowest BCUT2D eigenvalue weighted by Gasteiger charge is -2.23. The lowest BCUT2D eigenvalue weighted by Crippen LogP contribution is -2.16. The molecule has 31 heavy (non-hydrogen) atoms. The highest BCUT2D eigenvalue weighted by Crippen LogP contribution is 2.34. The Bertz CT molecular complexity index is 995. The Hall–Kier alpha value is -3.03. The van der Waals surface area contributed by atoms with Crippen molar-refractivity contribution in [1.82, 2.24) is 4.98 Å². The SMILES string of the molecule is Cc1cc(-c2ccc(C(F)(F)F)nc2)ccc1C(CCC(F)(F)F)Nc1ccccc1. The van der Waals surface area contributed by atoms with Crippen molar-refractivity contribution in [3.63, 3.8) is 0 Å². The van der Waals surface area contributed by atoms with Crippen LogP contribution in [0.25, 0.3) is 11.1 Å². The molecule has 2 aromatic carbocycles. The first-order valence-electron chi connectivity index (χ1n) is 9.55. The summed E-state index contributed by atoms with van der Waals surface area (Å²) in [5, 5.41) is 3.15. The molecular weight excluding hydrogens is 418 g/mol. The second-order valence-electron chi connectivity index (χ2n) is 7.22. The minimum absolute atomic E-state index is 0.152. The van der Waals surface area contributed by atoms with E-state index >= 15 is 0 Å². The second kappa shape index (κ2) is 8.99. The Morgan fingerprint density at radius 1 is 0.871 bits per heavy atom. The van der Waals surface area contributed by atoms with Gasteiger partial charge in [0.2, 0.25) is 0 Å². The highest BCUT2D eigenvalue weighted by Gasteiger charge is 2.32. The van der Waals surface area contributed by atoms with Crippen LogP contribution >= 0.6 is 0 Å². The van der Waals surface area contributed by atoms with Gasteiger partial charge in [-0.2, -0.15) is 26.3 Å². The molecule has 3 rings (SSSR count). The molecule has 1 N–H and O–H groups in total. The maximum Gasteiger partial charge on any atom is 0.433 e. The summed E-state index contributed by atoms with van der Waals surface area (Å²) >= 11 is 0. The van der Waals surface area contributed by atoms with Crippen LogP contribution in [-0.2, 0) is 6.18 Å². The molecule has 0 saturated carbocycles. The molecule has 0 aliphatic rings. The van der Waals surface area contributed by atoms with Crippen LogP contribution in [0.4, 0.5) is 32.0 Å². The molecule has 0 spiro atoms. The van der Waals surface area contributed by atoms with Crippen LogP contribution in [0, 0.1) is 6.92 Å². The normalized spacial score (nSPS) is 13.1. The third kappa shape index (κ3) is 6.23. The molecule has 0 amide bonds. The number of anilines is 1. The first-order chi connectivity index (χ1) is 14.5. The highest BCUT2D eigenvalue weighted by atomic mass is 19.4. The Morgan fingerprint density at radius 2 is 1.55 bits per heavy atom. The molecule has 1 atom stereocenters. The minimum atomic E-state index is -4.52. The zero-order chi connectivity index (χ0) is 22.6. The van der Waals surface area contributed by atoms with Crippen LogP contribution in [0.3, 0.4) is 0 Å². The first-order valence-corrected chi connectivity index (χ1v) is 9.55. The van der Waals surface area contributed by atoms with E-state index in [0.29, 0.717) is 22.4 Å². The fourth-order valence-electron chi connectivity index (χ4n) is 3.33. The van der Waals surface area contributed by atoms with Gasteiger partial charge in [0.1, 0.15) is 5.69 Å². The van der Waals surface area contributed by atoms with Crippen LogP contribution in [0.15, 0.2) is 66.9 Å². The van der Waals surface area contributed by atoms with Gasteiger partial charge >= 0.3 is 12.4 Å². The van der Waals surface area contributed by atoms with Crippen LogP contribution in [0.1, 0.15) is 35.7 Å². The van der Waals surface area contributed by atoms with Gasteiger partial charge in [-0.15, -0.1) is 0 Å². The number of hydrogen-bond donors (Lipinski definition) is 1. The molecule has 0 fully saturated rings. The van der Waals surface area contributed by atoms with E-state index in [-0.39, 0.29) is 6.42 Å². The van der Waals surface area contributed by atoms with Crippen LogP contribution in [-0.4, -0.2) is 11.2 Å². The number of nitrogens with one attached hydrogen (secondary N) is 1. The topological polar surface area (TPSA) is 24.9 Å². The summed E-state index contributed by atoms with van der Waals surface area (Å²) < 4.78 is 76.7. The summed E-state index contributed by atoms with van der Waals surface area (Å²) in [5.74, 6) is 0. The van der Waals surface area contributed by atoms with Gasteiger partial charge in [-0.1, -0.05) is 42.5 Å². The summed E-state index contributed by atoms with van der Waals surface area (Å²) in [6.07, 6.45) is -8.76. The lowest BCUT2D eigenvalue weighted by atomic mass is 9.93. The number of aromatic nitrogens is 1. The van der Waals surface area contributed by atoms with E-state index in [2.05, 4.69) is 10.3 Å². The maximum atomic E-state index is 12.9. The molecule has 0 saturated heterocycles. The van der Waals surface area contributed by atoms with E-state index in [1.54, 1.807) is 49.4 Å². The molecule has 164 valence electrons. The Balaban J connectivity index is 1.87. The van der Waals surface area contributed by atoms with E-state index in [1.165, 1.54) is 6.07 Å². The average Bonchev–Trinajstić information content (AvgIpc) is 2.71. The standard InChI is InChI=1S/C23H20F6N2/c1-15-13-16(17-8-10-21(30-14-17)23(27,28)29)7-9-19(15)20(11-12-22(24,25)26)31-18-5-3-2-4-6-18/h2-10,13-14,20,31H,11-12H2,1H3. The summed E-state index contributed by atoms with van der Waals surface area (Å²) in [5.41, 5.74) is 2.26. The minimum Gasteiger partial charge on any atom is -0.378 e. The number of para-hydroxylation sites is 1. The first kappa shape index (κ1) is 22.7. The van der Waals surface area contributed by atoms with Crippen molar-refractivity contribution in [3.8, 4) is 11.1 Å². The fourth-order valence-corrected chi connectivity index (χ4v) is 3.33. The van der Waals surface area contributed by atoms with Crippen molar-refractivity contribution >= 4 is 5.69 Å². The number of benzene rings is 2. The number of rotatable bonds is 6. The van der Waals surface area contributed by atoms with Gasteiger partial charge in [0.05, 0.1) is 6.04 Å². The van der Waals surface area contributed by atoms with Gasteiger partial charge in [0, 0.05) is 23.9 Å². The molecule has 0 radical (unpaired) electrons. The molecule has 8 heteroatoms. The van der Waals surface area contributed by atoms with Gasteiger partial charge in [-0.25, -0.2) is 0 Å². The second-order valence-corrected chi connectivity index (χ2v) is 7.22. The molecule has 2 nitrogen and oxygen atoms in total. The highest BCUT2D eigenvalue weighted by molar-refractivity contribution is 5.64. The van der Waals surface area contributed by atoms with Crippen LogP contribution in [0.5, 0.6) is 0 Å².